The summed E-state index contributed by atoms with van der Waals surface area (Å²) in [6.07, 6.45) is 1.70. The van der Waals surface area contributed by atoms with E-state index >= 15 is 0 Å². The van der Waals surface area contributed by atoms with E-state index in [1.807, 2.05) is 49.3 Å². The third kappa shape index (κ3) is 4.82. The molecule has 0 fully saturated rings. The van der Waals surface area contributed by atoms with E-state index in [2.05, 4.69) is 22.3 Å². The SMILES string of the molecule is COc1cc2c(cc1OC)C(c1ccccc1)N(C(=O)NCCCN(C)C)CC2. The lowest BCUT2D eigenvalue weighted by Gasteiger charge is -2.38. The van der Waals surface area contributed by atoms with Crippen LogP contribution in [-0.4, -0.2) is 63.8 Å². The third-order valence-electron chi connectivity index (χ3n) is 5.31. The summed E-state index contributed by atoms with van der Waals surface area (Å²) in [6, 6.07) is 14.0. The zero-order chi connectivity index (χ0) is 20.8. The summed E-state index contributed by atoms with van der Waals surface area (Å²) in [5.74, 6) is 1.40. The molecule has 1 N–H and O–H groups in total. The van der Waals surface area contributed by atoms with Crippen molar-refractivity contribution in [3.8, 4) is 11.5 Å². The first-order valence-corrected chi connectivity index (χ1v) is 10.0. The lowest BCUT2D eigenvalue weighted by Crippen LogP contribution is -2.46. The Morgan fingerprint density at radius 2 is 1.83 bits per heavy atom. The number of nitrogens with one attached hydrogen (secondary N) is 1. The van der Waals surface area contributed by atoms with Crippen LogP contribution >= 0.6 is 0 Å². The molecule has 0 aromatic heterocycles. The number of rotatable bonds is 7. The van der Waals surface area contributed by atoms with Crippen LogP contribution in [0, 0.1) is 0 Å². The lowest BCUT2D eigenvalue weighted by molar-refractivity contribution is 0.179. The Balaban J connectivity index is 1.91. The maximum Gasteiger partial charge on any atom is 0.318 e. The van der Waals surface area contributed by atoms with Gasteiger partial charge in [0.1, 0.15) is 0 Å². The summed E-state index contributed by atoms with van der Waals surface area (Å²) in [5, 5.41) is 3.09. The maximum atomic E-state index is 13.1. The molecule has 0 aliphatic carbocycles. The third-order valence-corrected chi connectivity index (χ3v) is 5.31. The van der Waals surface area contributed by atoms with E-state index in [4.69, 9.17) is 9.47 Å². The summed E-state index contributed by atoms with van der Waals surface area (Å²) >= 11 is 0. The molecular formula is C23H31N3O3. The second-order valence-electron chi connectivity index (χ2n) is 7.55. The van der Waals surface area contributed by atoms with Crippen molar-refractivity contribution in [2.24, 2.45) is 0 Å². The fourth-order valence-electron chi connectivity index (χ4n) is 3.85. The van der Waals surface area contributed by atoms with Gasteiger partial charge in [-0.1, -0.05) is 30.3 Å². The smallest absolute Gasteiger partial charge is 0.318 e. The van der Waals surface area contributed by atoms with Gasteiger partial charge in [0, 0.05) is 13.1 Å². The largest absolute Gasteiger partial charge is 0.493 e. The quantitative estimate of drug-likeness (QED) is 0.729. The van der Waals surface area contributed by atoms with E-state index in [0.717, 1.165) is 36.3 Å². The molecule has 3 rings (SSSR count). The second kappa shape index (κ2) is 9.65. The first-order valence-electron chi connectivity index (χ1n) is 10.0. The van der Waals surface area contributed by atoms with Gasteiger partial charge < -0.3 is 24.6 Å². The molecule has 1 aliphatic heterocycles. The van der Waals surface area contributed by atoms with Crippen LogP contribution in [0.2, 0.25) is 0 Å². The highest BCUT2D eigenvalue weighted by Gasteiger charge is 2.33. The van der Waals surface area contributed by atoms with Gasteiger partial charge in [-0.2, -0.15) is 0 Å². The van der Waals surface area contributed by atoms with E-state index in [-0.39, 0.29) is 12.1 Å². The number of hydrogen-bond acceptors (Lipinski definition) is 4. The van der Waals surface area contributed by atoms with Crippen molar-refractivity contribution in [1.82, 2.24) is 15.1 Å². The second-order valence-corrected chi connectivity index (χ2v) is 7.55. The Hall–Kier alpha value is -2.73. The molecule has 29 heavy (non-hydrogen) atoms. The van der Waals surface area contributed by atoms with Crippen LogP contribution in [-0.2, 0) is 6.42 Å². The van der Waals surface area contributed by atoms with E-state index in [1.165, 1.54) is 5.56 Å². The number of ether oxygens (including phenoxy) is 2. The first kappa shape index (κ1) is 21.0. The van der Waals surface area contributed by atoms with Crippen molar-refractivity contribution < 1.29 is 14.3 Å². The average Bonchev–Trinajstić information content (AvgIpc) is 2.75. The van der Waals surface area contributed by atoms with Crippen LogP contribution in [0.1, 0.15) is 29.2 Å². The lowest BCUT2D eigenvalue weighted by atomic mass is 9.88. The molecule has 6 nitrogen and oxygen atoms in total. The van der Waals surface area contributed by atoms with Crippen LogP contribution in [0.3, 0.4) is 0 Å². The number of hydrogen-bond donors (Lipinski definition) is 1. The molecule has 0 saturated carbocycles. The van der Waals surface area contributed by atoms with Gasteiger partial charge in [-0.25, -0.2) is 4.79 Å². The summed E-state index contributed by atoms with van der Waals surface area (Å²) in [6.45, 7) is 2.26. The summed E-state index contributed by atoms with van der Waals surface area (Å²) in [5.41, 5.74) is 3.36. The zero-order valence-electron chi connectivity index (χ0n) is 17.8. The Labute approximate surface area is 173 Å². The predicted molar refractivity (Wildman–Crippen MR) is 115 cm³/mol. The van der Waals surface area contributed by atoms with Gasteiger partial charge in [0.15, 0.2) is 11.5 Å². The van der Waals surface area contributed by atoms with Crippen molar-refractivity contribution in [1.29, 1.82) is 0 Å². The minimum atomic E-state index is -0.159. The van der Waals surface area contributed by atoms with Gasteiger partial charge in [-0.3, -0.25) is 0 Å². The van der Waals surface area contributed by atoms with Crippen molar-refractivity contribution in [2.75, 3.05) is 47.9 Å². The van der Waals surface area contributed by atoms with E-state index < -0.39 is 0 Å². The van der Waals surface area contributed by atoms with Gasteiger partial charge in [0.05, 0.1) is 20.3 Å². The summed E-state index contributed by atoms with van der Waals surface area (Å²) in [7, 11) is 7.36. The molecule has 1 unspecified atom stereocenters. The highest BCUT2D eigenvalue weighted by Crippen LogP contribution is 2.40. The molecule has 2 amide bonds. The standard InChI is InChI=1S/C23H31N3O3/c1-25(2)13-8-12-24-23(27)26-14-11-18-15-20(28-3)21(29-4)16-19(18)22(26)17-9-6-5-7-10-17/h5-7,9-10,15-16,22H,8,11-14H2,1-4H3,(H,24,27). The monoisotopic (exact) mass is 397 g/mol. The molecule has 156 valence electrons. The molecular weight excluding hydrogens is 366 g/mol. The molecule has 0 bridgehead atoms. The van der Waals surface area contributed by atoms with E-state index in [0.29, 0.717) is 18.8 Å². The molecule has 1 heterocycles. The Morgan fingerprint density at radius 1 is 1.14 bits per heavy atom. The van der Waals surface area contributed by atoms with Crippen molar-refractivity contribution in [3.05, 3.63) is 59.2 Å². The topological polar surface area (TPSA) is 54.0 Å². The Morgan fingerprint density at radius 3 is 2.48 bits per heavy atom. The van der Waals surface area contributed by atoms with Gasteiger partial charge in [-0.05, 0) is 62.3 Å². The molecule has 2 aromatic carbocycles. The Bertz CT molecular complexity index is 824. The van der Waals surface area contributed by atoms with Gasteiger partial charge in [-0.15, -0.1) is 0 Å². The fraction of sp³-hybridized carbons (Fsp3) is 0.435. The number of amides is 2. The Kier molecular flexibility index (Phi) is 6.99. The zero-order valence-corrected chi connectivity index (χ0v) is 17.8. The number of methoxy groups -OCH3 is 2. The van der Waals surface area contributed by atoms with Gasteiger partial charge >= 0.3 is 6.03 Å². The van der Waals surface area contributed by atoms with Crippen LogP contribution in [0.4, 0.5) is 4.79 Å². The number of benzene rings is 2. The number of fused-ring (bicyclic) bond motifs is 1. The molecule has 0 saturated heterocycles. The minimum absolute atomic E-state index is 0.0296. The van der Waals surface area contributed by atoms with Crippen molar-refractivity contribution in [2.45, 2.75) is 18.9 Å². The van der Waals surface area contributed by atoms with Crippen molar-refractivity contribution in [3.63, 3.8) is 0 Å². The average molecular weight is 398 g/mol. The van der Waals surface area contributed by atoms with Gasteiger partial charge in [0.2, 0.25) is 0 Å². The molecule has 1 atom stereocenters. The van der Waals surface area contributed by atoms with E-state index in [9.17, 15) is 4.79 Å². The summed E-state index contributed by atoms with van der Waals surface area (Å²) < 4.78 is 11.0. The predicted octanol–water partition coefficient (Wildman–Crippen LogP) is 3.31. The fourth-order valence-corrected chi connectivity index (χ4v) is 3.85. The molecule has 0 radical (unpaired) electrons. The molecule has 0 spiro atoms. The number of carbonyl (C=O) groups excluding carboxylic acids is 1. The van der Waals surface area contributed by atoms with E-state index in [1.54, 1.807) is 14.2 Å². The molecule has 6 heteroatoms. The summed E-state index contributed by atoms with van der Waals surface area (Å²) in [4.78, 5) is 17.1. The number of nitrogens with zero attached hydrogens (tertiary/aromatic N) is 2. The number of carbonyl (C=O) groups is 1. The highest BCUT2D eigenvalue weighted by atomic mass is 16.5. The van der Waals surface area contributed by atoms with Crippen molar-refractivity contribution >= 4 is 6.03 Å². The van der Waals surface area contributed by atoms with Crippen LogP contribution in [0.25, 0.3) is 0 Å². The van der Waals surface area contributed by atoms with Crippen LogP contribution < -0.4 is 14.8 Å². The maximum absolute atomic E-state index is 13.1. The normalized spacial score (nSPS) is 15.8. The van der Waals surface area contributed by atoms with Crippen LogP contribution in [0.5, 0.6) is 11.5 Å². The minimum Gasteiger partial charge on any atom is -0.493 e. The number of urea groups is 1. The highest BCUT2D eigenvalue weighted by molar-refractivity contribution is 5.76. The molecule has 2 aromatic rings. The van der Waals surface area contributed by atoms with Gasteiger partial charge in [0.25, 0.3) is 0 Å². The molecule has 1 aliphatic rings. The van der Waals surface area contributed by atoms with Crippen LogP contribution in [0.15, 0.2) is 42.5 Å². The first-order chi connectivity index (χ1) is 14.0.